The number of aliphatic hydroxyl groups excluding tert-OH is 1. The number of rotatable bonds is 6. The lowest BCUT2D eigenvalue weighted by molar-refractivity contribution is 0.114. The molecule has 0 aromatic heterocycles. The molecule has 1 fully saturated rings. The van der Waals surface area contributed by atoms with E-state index < -0.39 is 17.2 Å². The third-order valence-corrected chi connectivity index (χ3v) is 2.93. The molecule has 1 aliphatic carbocycles. The zero-order valence-corrected chi connectivity index (χ0v) is 10.2. The van der Waals surface area contributed by atoms with Gasteiger partial charge in [-0.15, -0.1) is 0 Å². The predicted octanol–water partition coefficient (Wildman–Crippen LogP) is 1.85. The Morgan fingerprint density at radius 2 is 2.11 bits per heavy atom. The van der Waals surface area contributed by atoms with Gasteiger partial charge in [-0.3, -0.25) is 0 Å². The van der Waals surface area contributed by atoms with Crippen LogP contribution in [0, 0.1) is 11.6 Å². The third-order valence-electron chi connectivity index (χ3n) is 2.93. The fourth-order valence-corrected chi connectivity index (χ4v) is 1.66. The first-order valence-corrected chi connectivity index (χ1v) is 5.99. The molecule has 2 N–H and O–H groups in total. The molecule has 1 unspecified atom stereocenters. The molecule has 0 aliphatic heterocycles. The maximum absolute atomic E-state index is 13.0. The van der Waals surface area contributed by atoms with E-state index in [0.717, 1.165) is 25.0 Å². The van der Waals surface area contributed by atoms with E-state index in [2.05, 4.69) is 5.32 Å². The molecule has 100 valence electrons. The molecule has 0 radical (unpaired) electrons. The Bertz CT molecular complexity index is 423. The Kier molecular flexibility index (Phi) is 3.82. The highest BCUT2D eigenvalue weighted by Crippen LogP contribution is 2.23. The summed E-state index contributed by atoms with van der Waals surface area (Å²) in [5, 5.41) is 12.6. The minimum atomic E-state index is -0.937. The summed E-state index contributed by atoms with van der Waals surface area (Å²) in [6, 6.07) is 3.82. The van der Waals surface area contributed by atoms with E-state index in [-0.39, 0.29) is 19.0 Å². The van der Waals surface area contributed by atoms with Crippen molar-refractivity contribution in [2.24, 2.45) is 0 Å². The van der Waals surface area contributed by atoms with Crippen LogP contribution < -0.4 is 10.1 Å². The number of nitrogens with one attached hydrogen (secondary N) is 1. The van der Waals surface area contributed by atoms with Gasteiger partial charge in [0.15, 0.2) is 11.6 Å². The summed E-state index contributed by atoms with van der Waals surface area (Å²) in [7, 11) is 0. The van der Waals surface area contributed by atoms with E-state index in [4.69, 9.17) is 4.74 Å². The van der Waals surface area contributed by atoms with E-state index in [1.165, 1.54) is 6.07 Å². The lowest BCUT2D eigenvalue weighted by atomic mass is 10.1. The van der Waals surface area contributed by atoms with Crippen LogP contribution in [0.1, 0.15) is 19.8 Å². The zero-order valence-electron chi connectivity index (χ0n) is 10.2. The van der Waals surface area contributed by atoms with Crippen LogP contribution in [0.25, 0.3) is 0 Å². The average molecular weight is 257 g/mol. The van der Waals surface area contributed by atoms with Crippen molar-refractivity contribution in [3.05, 3.63) is 29.8 Å². The molecule has 2 rings (SSSR count). The summed E-state index contributed by atoms with van der Waals surface area (Å²) in [6.45, 7) is 1.96. The smallest absolute Gasteiger partial charge is 0.162 e. The fraction of sp³-hybridized carbons (Fsp3) is 0.538. The van der Waals surface area contributed by atoms with E-state index in [1.807, 2.05) is 6.92 Å². The van der Waals surface area contributed by atoms with Gasteiger partial charge in [0, 0.05) is 12.1 Å². The van der Waals surface area contributed by atoms with E-state index in [0.29, 0.717) is 6.04 Å². The molecule has 1 aromatic carbocycles. The highest BCUT2D eigenvalue weighted by Gasteiger charge is 2.32. The van der Waals surface area contributed by atoms with Crippen LogP contribution in [0.5, 0.6) is 5.75 Å². The quantitative estimate of drug-likeness (QED) is 0.817. The van der Waals surface area contributed by atoms with Crippen LogP contribution in [-0.2, 0) is 0 Å². The molecule has 3 nitrogen and oxygen atoms in total. The van der Waals surface area contributed by atoms with Gasteiger partial charge in [0.05, 0.1) is 12.1 Å². The molecule has 0 spiro atoms. The monoisotopic (exact) mass is 257 g/mol. The van der Waals surface area contributed by atoms with Gasteiger partial charge in [0.25, 0.3) is 0 Å². The van der Waals surface area contributed by atoms with Crippen LogP contribution >= 0.6 is 0 Å². The maximum atomic E-state index is 13.0. The number of ether oxygens (including phenoxy) is 1. The van der Waals surface area contributed by atoms with Crippen molar-refractivity contribution in [2.75, 3.05) is 13.2 Å². The van der Waals surface area contributed by atoms with Crippen molar-refractivity contribution in [1.29, 1.82) is 0 Å². The van der Waals surface area contributed by atoms with Crippen LogP contribution in [0.15, 0.2) is 18.2 Å². The van der Waals surface area contributed by atoms with Crippen molar-refractivity contribution in [3.8, 4) is 5.75 Å². The van der Waals surface area contributed by atoms with Crippen molar-refractivity contribution in [1.82, 2.24) is 5.32 Å². The number of benzene rings is 1. The van der Waals surface area contributed by atoms with E-state index in [9.17, 15) is 13.9 Å². The van der Waals surface area contributed by atoms with Crippen LogP contribution in [0.4, 0.5) is 8.78 Å². The minimum absolute atomic E-state index is 0.0762. The first kappa shape index (κ1) is 13.2. The summed E-state index contributed by atoms with van der Waals surface area (Å²) >= 11 is 0. The Hall–Kier alpha value is -1.20. The summed E-state index contributed by atoms with van der Waals surface area (Å²) in [4.78, 5) is 0. The molecule has 0 bridgehead atoms. The Balaban J connectivity index is 1.93. The second-order valence-electron chi connectivity index (χ2n) is 5.00. The number of hydrogen-bond donors (Lipinski definition) is 2. The number of hydrogen-bond acceptors (Lipinski definition) is 3. The molecular formula is C13H17F2NO2. The molecule has 5 heteroatoms. The number of halogens is 2. The van der Waals surface area contributed by atoms with E-state index >= 15 is 0 Å². The van der Waals surface area contributed by atoms with Gasteiger partial charge in [0.1, 0.15) is 12.4 Å². The lowest BCUT2D eigenvalue weighted by Gasteiger charge is -2.28. The molecule has 0 saturated heterocycles. The van der Waals surface area contributed by atoms with Gasteiger partial charge in [-0.2, -0.15) is 0 Å². The molecule has 0 heterocycles. The van der Waals surface area contributed by atoms with Gasteiger partial charge in [0.2, 0.25) is 0 Å². The van der Waals surface area contributed by atoms with Crippen molar-refractivity contribution in [3.63, 3.8) is 0 Å². The molecule has 0 amide bonds. The first-order valence-electron chi connectivity index (χ1n) is 5.99. The Morgan fingerprint density at radius 1 is 1.39 bits per heavy atom. The van der Waals surface area contributed by atoms with Crippen LogP contribution in [-0.4, -0.2) is 29.9 Å². The summed E-state index contributed by atoms with van der Waals surface area (Å²) in [5.41, 5.74) is -0.563. The van der Waals surface area contributed by atoms with Gasteiger partial charge < -0.3 is 15.2 Å². The molecule has 1 atom stereocenters. The summed E-state index contributed by atoms with van der Waals surface area (Å²) < 4.78 is 31.1. The third kappa shape index (κ3) is 3.40. The first-order chi connectivity index (χ1) is 8.52. The highest BCUT2D eigenvalue weighted by molar-refractivity contribution is 5.23. The van der Waals surface area contributed by atoms with Gasteiger partial charge in [-0.05, 0) is 31.9 Å². The zero-order chi connectivity index (χ0) is 13.2. The second kappa shape index (κ2) is 5.20. The molecule has 18 heavy (non-hydrogen) atoms. The Morgan fingerprint density at radius 3 is 2.67 bits per heavy atom. The average Bonchev–Trinajstić information content (AvgIpc) is 3.15. The summed E-state index contributed by atoms with van der Waals surface area (Å²) in [5.74, 6) is -1.58. The Labute approximate surface area is 105 Å². The van der Waals surface area contributed by atoms with E-state index in [1.54, 1.807) is 0 Å². The van der Waals surface area contributed by atoms with Gasteiger partial charge in [-0.25, -0.2) is 8.78 Å². The maximum Gasteiger partial charge on any atom is 0.162 e. The van der Waals surface area contributed by atoms with Gasteiger partial charge >= 0.3 is 0 Å². The molecule has 1 saturated carbocycles. The van der Waals surface area contributed by atoms with Crippen LogP contribution in [0.3, 0.4) is 0 Å². The van der Waals surface area contributed by atoms with Crippen molar-refractivity contribution in [2.45, 2.75) is 31.3 Å². The fourth-order valence-electron chi connectivity index (χ4n) is 1.66. The highest BCUT2D eigenvalue weighted by atomic mass is 19.2. The topological polar surface area (TPSA) is 41.5 Å². The second-order valence-corrected chi connectivity index (χ2v) is 5.00. The summed E-state index contributed by atoms with van der Waals surface area (Å²) in [6.07, 6.45) is 2.20. The van der Waals surface area contributed by atoms with Crippen molar-refractivity contribution < 1.29 is 18.6 Å². The minimum Gasteiger partial charge on any atom is -0.491 e. The lowest BCUT2D eigenvalue weighted by Crippen LogP contribution is -2.51. The molecule has 1 aliphatic rings. The predicted molar refractivity (Wildman–Crippen MR) is 63.5 cm³/mol. The van der Waals surface area contributed by atoms with Gasteiger partial charge in [-0.1, -0.05) is 0 Å². The largest absolute Gasteiger partial charge is 0.491 e. The SMILES string of the molecule is CC(CO)(COc1ccc(F)c(F)c1)NC1CC1. The standard InChI is InChI=1S/C13H17F2NO2/c1-13(7-17,16-9-2-3-9)8-18-10-4-5-11(14)12(15)6-10/h4-6,9,16-17H,2-3,7-8H2,1H3. The van der Waals surface area contributed by atoms with Crippen LogP contribution in [0.2, 0.25) is 0 Å². The molecular weight excluding hydrogens is 240 g/mol. The normalized spacial score (nSPS) is 18.4. The van der Waals surface area contributed by atoms with Crippen molar-refractivity contribution >= 4 is 0 Å². The number of aliphatic hydroxyl groups is 1. The molecule has 1 aromatic rings.